The lowest BCUT2D eigenvalue weighted by Crippen LogP contribution is -2.01. The lowest BCUT2D eigenvalue weighted by Gasteiger charge is -2.09. The van der Waals surface area contributed by atoms with Crippen LogP contribution in [0.1, 0.15) is 5.56 Å². The van der Waals surface area contributed by atoms with Crippen LogP contribution in [0.25, 0.3) is 10.8 Å². The molecular weight excluding hydrogens is 420 g/mol. The fourth-order valence-corrected chi connectivity index (χ4v) is 3.80. The number of hydrogen-bond donors (Lipinski definition) is 2. The molecule has 1 N–H and O–H groups in total. The van der Waals surface area contributed by atoms with Gasteiger partial charge in [0.2, 0.25) is 0 Å². The average Bonchev–Trinajstić information content (AvgIpc) is 2.65. The van der Waals surface area contributed by atoms with Gasteiger partial charge in [-0.1, -0.05) is 30.3 Å². The lowest BCUT2D eigenvalue weighted by molar-refractivity contribution is 0.413. The molecule has 29 heavy (non-hydrogen) atoms. The lowest BCUT2D eigenvalue weighted by atomic mass is 10.1. The number of methoxy groups -OCH3 is 1. The average molecular weight is 436 g/mol. The quantitative estimate of drug-likeness (QED) is 0.342. The highest BCUT2D eigenvalue weighted by Crippen LogP contribution is 2.39. The van der Waals surface area contributed by atoms with Gasteiger partial charge in [-0.3, -0.25) is 4.55 Å². The molecule has 0 spiro atoms. The Kier molecular flexibility index (Phi) is 5.82. The summed E-state index contributed by atoms with van der Waals surface area (Å²) in [7, 11) is -6.29. The molecule has 0 unspecified atom stereocenters. The highest BCUT2D eigenvalue weighted by atomic mass is 32.2. The molecular formula is C18H16N2O7S2. The second kappa shape index (κ2) is 8.15. The summed E-state index contributed by atoms with van der Waals surface area (Å²) in [6.45, 7) is 1.48. The molecule has 0 aliphatic carbocycles. The zero-order valence-corrected chi connectivity index (χ0v) is 17.0. The van der Waals surface area contributed by atoms with Gasteiger partial charge in [0, 0.05) is 11.5 Å². The number of azo groups is 1. The number of benzene rings is 3. The minimum absolute atomic E-state index is 0.00574. The number of ether oxygens (including phenoxy) is 1. The van der Waals surface area contributed by atoms with Crippen LogP contribution in [0.4, 0.5) is 11.4 Å². The molecule has 0 fully saturated rings. The molecule has 0 amide bonds. The molecule has 3 rings (SSSR count). The zero-order chi connectivity index (χ0) is 21.2. The Morgan fingerprint density at radius 3 is 2.38 bits per heavy atom. The first-order chi connectivity index (χ1) is 13.7. The molecule has 152 valence electrons. The van der Waals surface area contributed by atoms with Gasteiger partial charge in [-0.2, -0.15) is 16.8 Å². The molecule has 0 aromatic heterocycles. The van der Waals surface area contributed by atoms with E-state index >= 15 is 0 Å². The van der Waals surface area contributed by atoms with E-state index in [0.29, 0.717) is 5.39 Å². The summed E-state index contributed by atoms with van der Waals surface area (Å²) in [6, 6.07) is 12.8. The van der Waals surface area contributed by atoms with Gasteiger partial charge in [-0.05, 0) is 30.0 Å². The van der Waals surface area contributed by atoms with Gasteiger partial charge in [0.1, 0.15) is 22.0 Å². The first-order valence-electron chi connectivity index (χ1n) is 8.12. The Morgan fingerprint density at radius 2 is 1.72 bits per heavy atom. The monoisotopic (exact) mass is 436 g/mol. The third-order valence-corrected chi connectivity index (χ3v) is 5.39. The van der Waals surface area contributed by atoms with E-state index in [4.69, 9.17) is 8.92 Å². The van der Waals surface area contributed by atoms with Gasteiger partial charge in [0.05, 0.1) is 7.11 Å². The summed E-state index contributed by atoms with van der Waals surface area (Å²) in [5.74, 6) is 0.0541. The molecule has 0 bridgehead atoms. The largest absolute Gasteiger partial charge is 0.494 e. The van der Waals surface area contributed by atoms with Gasteiger partial charge < -0.3 is 8.92 Å². The minimum atomic E-state index is -4.44. The second-order valence-corrected chi connectivity index (χ2v) is 7.93. The van der Waals surface area contributed by atoms with Crippen LogP contribution in [0.3, 0.4) is 0 Å². The number of hydrogen-bond acceptors (Lipinski definition) is 8. The van der Waals surface area contributed by atoms with Gasteiger partial charge in [-0.25, -0.2) is 0 Å². The molecule has 3 aromatic carbocycles. The number of nitrogens with zero attached hydrogens (tertiary/aromatic N) is 2. The van der Waals surface area contributed by atoms with Crippen molar-refractivity contribution in [1.29, 1.82) is 0 Å². The Morgan fingerprint density at radius 1 is 1.00 bits per heavy atom. The number of thiol groups is 1. The van der Waals surface area contributed by atoms with E-state index < -0.39 is 21.1 Å². The molecule has 0 radical (unpaired) electrons. The van der Waals surface area contributed by atoms with Crippen molar-refractivity contribution in [1.82, 2.24) is 0 Å². The second-order valence-electron chi connectivity index (χ2n) is 5.91. The number of rotatable bonds is 6. The molecule has 0 saturated carbocycles. The first kappa shape index (κ1) is 20.7. The van der Waals surface area contributed by atoms with Crippen molar-refractivity contribution >= 4 is 43.3 Å². The third-order valence-electron chi connectivity index (χ3n) is 4.05. The maximum absolute atomic E-state index is 11.5. The van der Waals surface area contributed by atoms with Crippen molar-refractivity contribution in [3.05, 3.63) is 54.1 Å². The Hall–Kier alpha value is -3.02. The fourth-order valence-electron chi connectivity index (χ4n) is 2.77. The molecule has 0 aliphatic heterocycles. The smallest absolute Gasteiger partial charge is 0.299 e. The van der Waals surface area contributed by atoms with Gasteiger partial charge in [-0.15, -0.1) is 10.2 Å². The fraction of sp³-hybridized carbons (Fsp3) is 0.111. The van der Waals surface area contributed by atoms with Crippen LogP contribution in [-0.2, 0) is 21.1 Å². The highest BCUT2D eigenvalue weighted by molar-refractivity contribution is 7.85. The molecule has 0 saturated heterocycles. The molecule has 3 aromatic rings. The van der Waals surface area contributed by atoms with Crippen LogP contribution in [0.15, 0.2) is 63.7 Å². The number of fused-ring (bicyclic) bond motifs is 1. The van der Waals surface area contributed by atoms with Crippen molar-refractivity contribution in [2.45, 2.75) is 11.8 Å². The maximum Gasteiger partial charge on any atom is 0.299 e. The summed E-state index contributed by atoms with van der Waals surface area (Å²) in [5, 5.41) is 9.63. The Labute approximate surface area is 168 Å². The normalized spacial score (nSPS) is 12.0. The van der Waals surface area contributed by atoms with E-state index in [2.05, 4.69) is 10.2 Å². The van der Waals surface area contributed by atoms with Crippen LogP contribution in [0.2, 0.25) is 0 Å². The van der Waals surface area contributed by atoms with Crippen molar-refractivity contribution in [2.24, 2.45) is 10.2 Å². The van der Waals surface area contributed by atoms with Crippen LogP contribution in [0, 0.1) is 6.92 Å². The van der Waals surface area contributed by atoms with Gasteiger partial charge >= 0.3 is 0 Å². The van der Waals surface area contributed by atoms with E-state index in [9.17, 15) is 21.4 Å². The minimum Gasteiger partial charge on any atom is -0.494 e. The molecule has 0 heterocycles. The summed E-state index contributed by atoms with van der Waals surface area (Å²) >= 11 is 0. The van der Waals surface area contributed by atoms with Crippen molar-refractivity contribution in [3.8, 4) is 11.5 Å². The van der Waals surface area contributed by atoms with Crippen LogP contribution in [-0.4, -0.2) is 28.5 Å². The zero-order valence-electron chi connectivity index (χ0n) is 15.3. The van der Waals surface area contributed by atoms with Crippen LogP contribution >= 0.6 is 0 Å². The van der Waals surface area contributed by atoms with E-state index in [1.54, 1.807) is 18.2 Å². The van der Waals surface area contributed by atoms with E-state index in [1.165, 1.54) is 26.2 Å². The molecule has 0 atom stereocenters. The maximum atomic E-state index is 11.5. The van der Waals surface area contributed by atoms with Crippen molar-refractivity contribution < 1.29 is 30.3 Å². The van der Waals surface area contributed by atoms with E-state index in [1.807, 2.05) is 12.1 Å². The van der Waals surface area contributed by atoms with E-state index in [0.717, 1.165) is 11.5 Å². The highest BCUT2D eigenvalue weighted by Gasteiger charge is 2.18. The SMILES string of the molecule is COc1cc(S(=O)(=O)O)c(C)cc1N=Nc1c(O[SH](=O)=O)ccc2ccccc12. The van der Waals surface area contributed by atoms with E-state index in [-0.39, 0.29) is 33.3 Å². The first-order valence-corrected chi connectivity index (χ1v) is 10.7. The van der Waals surface area contributed by atoms with Crippen molar-refractivity contribution in [2.75, 3.05) is 7.11 Å². The standard InChI is InChI=1S/C18H16N2O7S2/c1-11-9-14(16(26-2)10-17(11)29(23,24)25)19-20-18-13-6-4-3-5-12(13)7-8-15(18)27-28(21)22/h3-10,28H,1-2H3,(H,23,24,25). The Bertz CT molecular complexity index is 1290. The summed E-state index contributed by atoms with van der Waals surface area (Å²) in [4.78, 5) is -0.314. The molecule has 9 nitrogen and oxygen atoms in total. The van der Waals surface area contributed by atoms with Crippen LogP contribution in [0.5, 0.6) is 11.5 Å². The summed E-state index contributed by atoms with van der Waals surface area (Å²) in [6.07, 6.45) is 0. The van der Waals surface area contributed by atoms with Gasteiger partial charge in [0.25, 0.3) is 21.1 Å². The summed E-state index contributed by atoms with van der Waals surface area (Å²) in [5.41, 5.74) is 0.600. The Balaban J connectivity index is 2.17. The van der Waals surface area contributed by atoms with Crippen LogP contribution < -0.4 is 8.92 Å². The summed E-state index contributed by atoms with van der Waals surface area (Å²) < 4.78 is 64.4. The third kappa shape index (κ3) is 4.53. The predicted molar refractivity (Wildman–Crippen MR) is 107 cm³/mol. The molecule has 11 heteroatoms. The van der Waals surface area contributed by atoms with Gasteiger partial charge in [0.15, 0.2) is 5.75 Å². The molecule has 0 aliphatic rings. The predicted octanol–water partition coefficient (Wildman–Crippen LogP) is 3.72. The topological polar surface area (TPSA) is 132 Å². The van der Waals surface area contributed by atoms with Crippen molar-refractivity contribution in [3.63, 3.8) is 0 Å². The number of aryl methyl sites for hydroxylation is 1.